The van der Waals surface area contributed by atoms with E-state index in [1.54, 1.807) is 29.2 Å². The zero-order valence-electron chi connectivity index (χ0n) is 10.1. The number of anilines is 1. The normalized spacial score (nSPS) is 18.4. The summed E-state index contributed by atoms with van der Waals surface area (Å²) < 4.78 is 0. The Balaban J connectivity index is 1.93. The Morgan fingerprint density at radius 3 is 2.78 bits per heavy atom. The van der Waals surface area contributed by atoms with Gasteiger partial charge >= 0.3 is 6.03 Å². The standard InChI is InChI=1S/C13H16N4O/c14-7-10-1-3-12(4-2-10)16-13(18)17-6-5-11(8-15)9-17/h1-4,11H,5-6,8-9,15H2,(H,16,18). The topological polar surface area (TPSA) is 82.2 Å². The van der Waals surface area contributed by atoms with Crippen LogP contribution in [0.4, 0.5) is 10.5 Å². The molecule has 1 heterocycles. The first kappa shape index (κ1) is 12.4. The fraction of sp³-hybridized carbons (Fsp3) is 0.385. The lowest BCUT2D eigenvalue weighted by molar-refractivity contribution is 0.221. The van der Waals surface area contributed by atoms with Crippen molar-refractivity contribution in [3.8, 4) is 6.07 Å². The number of carbonyl (C=O) groups is 1. The second-order valence-corrected chi connectivity index (χ2v) is 4.46. The predicted molar refractivity (Wildman–Crippen MR) is 68.9 cm³/mol. The van der Waals surface area contributed by atoms with E-state index in [0.717, 1.165) is 19.5 Å². The van der Waals surface area contributed by atoms with E-state index >= 15 is 0 Å². The maximum atomic E-state index is 11.9. The van der Waals surface area contributed by atoms with Crippen LogP contribution in [0.5, 0.6) is 0 Å². The van der Waals surface area contributed by atoms with Crippen LogP contribution in [0.15, 0.2) is 24.3 Å². The fourth-order valence-corrected chi connectivity index (χ4v) is 2.04. The van der Waals surface area contributed by atoms with Crippen molar-refractivity contribution in [2.24, 2.45) is 11.7 Å². The molecule has 5 nitrogen and oxygen atoms in total. The van der Waals surface area contributed by atoms with Crippen molar-refractivity contribution in [1.82, 2.24) is 4.90 Å². The average molecular weight is 244 g/mol. The zero-order valence-corrected chi connectivity index (χ0v) is 10.1. The highest BCUT2D eigenvalue weighted by atomic mass is 16.2. The van der Waals surface area contributed by atoms with Gasteiger partial charge in [-0.2, -0.15) is 5.26 Å². The van der Waals surface area contributed by atoms with Crippen LogP contribution in [-0.2, 0) is 0 Å². The molecular weight excluding hydrogens is 228 g/mol. The van der Waals surface area contributed by atoms with Crippen LogP contribution in [0.1, 0.15) is 12.0 Å². The molecule has 5 heteroatoms. The Bertz CT molecular complexity index is 463. The molecule has 1 unspecified atom stereocenters. The summed E-state index contributed by atoms with van der Waals surface area (Å²) in [7, 11) is 0. The third kappa shape index (κ3) is 2.79. The number of likely N-dealkylation sites (tertiary alicyclic amines) is 1. The highest BCUT2D eigenvalue weighted by Gasteiger charge is 2.25. The van der Waals surface area contributed by atoms with Gasteiger partial charge in [0.1, 0.15) is 0 Å². The third-order valence-electron chi connectivity index (χ3n) is 3.17. The Hall–Kier alpha value is -2.06. The van der Waals surface area contributed by atoms with Crippen molar-refractivity contribution in [2.45, 2.75) is 6.42 Å². The van der Waals surface area contributed by atoms with E-state index in [9.17, 15) is 4.79 Å². The molecule has 1 saturated heterocycles. The Labute approximate surface area is 106 Å². The number of nitrogens with one attached hydrogen (secondary N) is 1. The first-order valence-electron chi connectivity index (χ1n) is 5.99. The quantitative estimate of drug-likeness (QED) is 0.824. The summed E-state index contributed by atoms with van der Waals surface area (Å²) in [5, 5.41) is 11.5. The summed E-state index contributed by atoms with van der Waals surface area (Å²) in [6.07, 6.45) is 0.970. The van der Waals surface area contributed by atoms with E-state index in [1.165, 1.54) is 0 Å². The molecule has 0 spiro atoms. The highest BCUT2D eigenvalue weighted by molar-refractivity contribution is 5.89. The number of carbonyl (C=O) groups excluding carboxylic acids is 1. The van der Waals surface area contributed by atoms with Crippen LogP contribution in [0, 0.1) is 17.2 Å². The number of nitrogens with zero attached hydrogens (tertiary/aromatic N) is 2. The van der Waals surface area contributed by atoms with Gasteiger partial charge in [-0.3, -0.25) is 0 Å². The van der Waals surface area contributed by atoms with Gasteiger partial charge in [0, 0.05) is 18.8 Å². The lowest BCUT2D eigenvalue weighted by atomic mass is 10.1. The van der Waals surface area contributed by atoms with Crippen LogP contribution >= 0.6 is 0 Å². The van der Waals surface area contributed by atoms with Crippen molar-refractivity contribution in [3.63, 3.8) is 0 Å². The molecule has 1 aliphatic heterocycles. The molecule has 0 aliphatic carbocycles. The van der Waals surface area contributed by atoms with Crippen molar-refractivity contribution in [3.05, 3.63) is 29.8 Å². The number of hydrogen-bond acceptors (Lipinski definition) is 3. The number of urea groups is 1. The van der Waals surface area contributed by atoms with E-state index in [4.69, 9.17) is 11.0 Å². The Kier molecular flexibility index (Phi) is 3.80. The van der Waals surface area contributed by atoms with E-state index in [-0.39, 0.29) is 6.03 Å². The SMILES string of the molecule is N#Cc1ccc(NC(=O)N2CCC(CN)C2)cc1. The summed E-state index contributed by atoms with van der Waals surface area (Å²) >= 11 is 0. The van der Waals surface area contributed by atoms with Crippen molar-refractivity contribution in [1.29, 1.82) is 5.26 Å². The molecule has 94 valence electrons. The summed E-state index contributed by atoms with van der Waals surface area (Å²) in [6, 6.07) is 8.76. The van der Waals surface area contributed by atoms with Gasteiger partial charge in [0.05, 0.1) is 11.6 Å². The van der Waals surface area contributed by atoms with Crippen molar-refractivity contribution >= 4 is 11.7 Å². The molecule has 0 bridgehead atoms. The molecule has 18 heavy (non-hydrogen) atoms. The number of nitriles is 1. The molecule has 3 N–H and O–H groups in total. The first-order valence-corrected chi connectivity index (χ1v) is 5.99. The molecule has 1 atom stereocenters. The fourth-order valence-electron chi connectivity index (χ4n) is 2.04. The minimum Gasteiger partial charge on any atom is -0.330 e. The van der Waals surface area contributed by atoms with Gasteiger partial charge in [0.15, 0.2) is 0 Å². The van der Waals surface area contributed by atoms with Gasteiger partial charge < -0.3 is 16.0 Å². The molecule has 2 rings (SSSR count). The molecule has 0 radical (unpaired) electrons. The monoisotopic (exact) mass is 244 g/mol. The number of hydrogen-bond donors (Lipinski definition) is 2. The first-order chi connectivity index (χ1) is 8.72. The van der Waals surface area contributed by atoms with Crippen molar-refractivity contribution in [2.75, 3.05) is 25.0 Å². The van der Waals surface area contributed by atoms with Gasteiger partial charge in [0.2, 0.25) is 0 Å². The minimum atomic E-state index is -0.101. The van der Waals surface area contributed by atoms with Crippen LogP contribution in [0.2, 0.25) is 0 Å². The van der Waals surface area contributed by atoms with E-state index in [2.05, 4.69) is 5.32 Å². The summed E-state index contributed by atoms with van der Waals surface area (Å²) in [4.78, 5) is 13.7. The number of rotatable bonds is 2. The van der Waals surface area contributed by atoms with Gasteiger partial charge in [-0.25, -0.2) is 4.79 Å². The number of amides is 2. The van der Waals surface area contributed by atoms with Crippen LogP contribution in [0.25, 0.3) is 0 Å². The van der Waals surface area contributed by atoms with Crippen LogP contribution in [-0.4, -0.2) is 30.6 Å². The van der Waals surface area contributed by atoms with Crippen molar-refractivity contribution < 1.29 is 4.79 Å². The van der Waals surface area contributed by atoms with Gasteiger partial charge in [0.25, 0.3) is 0 Å². The second-order valence-electron chi connectivity index (χ2n) is 4.46. The molecular formula is C13H16N4O. The number of benzene rings is 1. The summed E-state index contributed by atoms with van der Waals surface area (Å²) in [6.45, 7) is 2.10. The maximum Gasteiger partial charge on any atom is 0.321 e. The van der Waals surface area contributed by atoms with E-state index < -0.39 is 0 Å². The third-order valence-corrected chi connectivity index (χ3v) is 3.17. The zero-order chi connectivity index (χ0) is 13.0. The molecule has 0 saturated carbocycles. The van der Waals surface area contributed by atoms with Gasteiger partial charge in [-0.15, -0.1) is 0 Å². The number of nitrogens with two attached hydrogens (primary N) is 1. The smallest absolute Gasteiger partial charge is 0.321 e. The van der Waals surface area contributed by atoms with E-state index in [0.29, 0.717) is 23.7 Å². The maximum absolute atomic E-state index is 11.9. The second kappa shape index (κ2) is 5.52. The highest BCUT2D eigenvalue weighted by Crippen LogP contribution is 2.16. The largest absolute Gasteiger partial charge is 0.330 e. The molecule has 2 amide bonds. The van der Waals surface area contributed by atoms with Gasteiger partial charge in [-0.1, -0.05) is 0 Å². The van der Waals surface area contributed by atoms with Gasteiger partial charge in [-0.05, 0) is 43.1 Å². The summed E-state index contributed by atoms with van der Waals surface area (Å²) in [5.41, 5.74) is 6.88. The lowest BCUT2D eigenvalue weighted by Gasteiger charge is -2.17. The Morgan fingerprint density at radius 1 is 1.50 bits per heavy atom. The van der Waals surface area contributed by atoms with E-state index in [1.807, 2.05) is 6.07 Å². The lowest BCUT2D eigenvalue weighted by Crippen LogP contribution is -2.33. The molecule has 0 aromatic heterocycles. The minimum absolute atomic E-state index is 0.101. The predicted octanol–water partition coefficient (Wildman–Crippen LogP) is 1.37. The van der Waals surface area contributed by atoms with Crippen LogP contribution < -0.4 is 11.1 Å². The summed E-state index contributed by atoms with van der Waals surface area (Å²) in [5.74, 6) is 0.414. The molecule has 1 aromatic rings. The molecule has 1 aromatic carbocycles. The molecule has 1 fully saturated rings. The molecule has 1 aliphatic rings. The van der Waals surface area contributed by atoms with Crippen LogP contribution in [0.3, 0.4) is 0 Å². The Morgan fingerprint density at radius 2 is 2.22 bits per heavy atom. The average Bonchev–Trinajstić information content (AvgIpc) is 2.88.